The van der Waals surface area contributed by atoms with E-state index in [1.165, 1.54) is 6.20 Å². The van der Waals surface area contributed by atoms with Gasteiger partial charge in [0.25, 0.3) is 5.91 Å². The molecule has 0 aliphatic rings. The van der Waals surface area contributed by atoms with Gasteiger partial charge in [-0.15, -0.1) is 0 Å². The largest absolute Gasteiger partial charge is 0.382 e. The average molecular weight is 316 g/mol. The molecule has 0 bridgehead atoms. The zero-order valence-electron chi connectivity index (χ0n) is 12.4. The Labute approximate surface area is 130 Å². The number of amides is 1. The average Bonchev–Trinajstić information content (AvgIpc) is 2.50. The highest BCUT2D eigenvalue weighted by atomic mass is 35.5. The second kappa shape index (κ2) is 10.4. The molecule has 2 N–H and O–H groups in total. The van der Waals surface area contributed by atoms with Gasteiger partial charge < -0.3 is 20.1 Å². The van der Waals surface area contributed by atoms with Crippen molar-refractivity contribution in [3.05, 3.63) is 22.8 Å². The maximum atomic E-state index is 12.0. The number of halogens is 1. The maximum absolute atomic E-state index is 12.0. The third kappa shape index (κ3) is 6.75. The molecule has 0 spiro atoms. The highest BCUT2D eigenvalue weighted by Gasteiger charge is 2.11. The number of hydrogen-bond acceptors (Lipinski definition) is 5. The van der Waals surface area contributed by atoms with Gasteiger partial charge in [-0.05, 0) is 18.9 Å². The lowest BCUT2D eigenvalue weighted by molar-refractivity contribution is 0.0686. The van der Waals surface area contributed by atoms with Crippen molar-refractivity contribution >= 4 is 23.3 Å². The summed E-state index contributed by atoms with van der Waals surface area (Å²) >= 11 is 5.98. The number of unbranched alkanes of at least 4 members (excludes halogenated alkanes) is 1. The number of ether oxygens (including phenoxy) is 2. The summed E-state index contributed by atoms with van der Waals surface area (Å²) in [5, 5.41) is 6.05. The Morgan fingerprint density at radius 2 is 2.14 bits per heavy atom. The van der Waals surface area contributed by atoms with Gasteiger partial charge in [0.15, 0.2) is 0 Å². The summed E-state index contributed by atoms with van der Waals surface area (Å²) in [6, 6.07) is 1.63. The van der Waals surface area contributed by atoms with Crippen molar-refractivity contribution in [2.24, 2.45) is 0 Å². The third-order valence-electron chi connectivity index (χ3n) is 2.79. The minimum atomic E-state index is -0.195. The van der Waals surface area contributed by atoms with Crippen LogP contribution in [-0.2, 0) is 9.47 Å². The minimum absolute atomic E-state index is 0.195. The maximum Gasteiger partial charge on any atom is 0.252 e. The van der Waals surface area contributed by atoms with Crippen LogP contribution in [0.5, 0.6) is 0 Å². The topological polar surface area (TPSA) is 72.5 Å². The number of nitrogens with zero attached hydrogens (tertiary/aromatic N) is 1. The van der Waals surface area contributed by atoms with Crippen molar-refractivity contribution in [3.63, 3.8) is 0 Å². The van der Waals surface area contributed by atoms with Crippen molar-refractivity contribution in [1.82, 2.24) is 10.3 Å². The van der Waals surface area contributed by atoms with E-state index in [-0.39, 0.29) is 5.91 Å². The molecule has 1 aromatic rings. The highest BCUT2D eigenvalue weighted by molar-refractivity contribution is 6.33. The number of carbonyl (C=O) groups excluding carboxylic acids is 1. The number of anilines is 1. The summed E-state index contributed by atoms with van der Waals surface area (Å²) in [4.78, 5) is 16.0. The molecule has 0 radical (unpaired) electrons. The number of pyridine rings is 1. The molecule has 118 valence electrons. The summed E-state index contributed by atoms with van der Waals surface area (Å²) in [5.74, 6) is 0.412. The van der Waals surface area contributed by atoms with Crippen LogP contribution in [0.2, 0.25) is 5.02 Å². The summed E-state index contributed by atoms with van der Waals surface area (Å²) in [6.45, 7) is 2.45. The van der Waals surface area contributed by atoms with Crippen molar-refractivity contribution in [2.45, 2.75) is 12.8 Å². The van der Waals surface area contributed by atoms with Crippen LogP contribution in [0.3, 0.4) is 0 Å². The van der Waals surface area contributed by atoms with Gasteiger partial charge in [-0.25, -0.2) is 4.98 Å². The molecule has 0 aliphatic carbocycles. The molecular formula is C14H22ClN3O3. The molecule has 1 heterocycles. The van der Waals surface area contributed by atoms with Crippen LogP contribution in [0, 0.1) is 0 Å². The van der Waals surface area contributed by atoms with E-state index < -0.39 is 0 Å². The van der Waals surface area contributed by atoms with E-state index in [0.29, 0.717) is 42.8 Å². The molecule has 1 rings (SSSR count). The van der Waals surface area contributed by atoms with Gasteiger partial charge in [-0.2, -0.15) is 0 Å². The lowest BCUT2D eigenvalue weighted by Crippen LogP contribution is -2.25. The van der Waals surface area contributed by atoms with E-state index in [4.69, 9.17) is 21.1 Å². The Balaban J connectivity index is 2.25. The predicted molar refractivity (Wildman–Crippen MR) is 83.1 cm³/mol. The first-order valence-corrected chi connectivity index (χ1v) is 7.25. The molecule has 7 heteroatoms. The van der Waals surface area contributed by atoms with E-state index in [9.17, 15) is 4.79 Å². The molecule has 0 aliphatic heterocycles. The fourth-order valence-electron chi connectivity index (χ4n) is 1.62. The van der Waals surface area contributed by atoms with Gasteiger partial charge in [0, 0.05) is 33.5 Å². The molecule has 21 heavy (non-hydrogen) atoms. The number of hydrogen-bond donors (Lipinski definition) is 2. The second-order valence-corrected chi connectivity index (χ2v) is 4.77. The molecule has 1 aromatic heterocycles. The van der Waals surface area contributed by atoms with Crippen LogP contribution in [0.25, 0.3) is 0 Å². The molecule has 0 saturated heterocycles. The van der Waals surface area contributed by atoms with E-state index in [1.807, 2.05) is 0 Å². The third-order valence-corrected chi connectivity index (χ3v) is 3.09. The summed E-state index contributed by atoms with van der Waals surface area (Å²) in [7, 11) is 3.38. The van der Waals surface area contributed by atoms with Gasteiger partial charge in [0.2, 0.25) is 0 Å². The molecular weight excluding hydrogens is 294 g/mol. The first-order valence-electron chi connectivity index (χ1n) is 6.87. The summed E-state index contributed by atoms with van der Waals surface area (Å²) in [6.07, 6.45) is 3.20. The zero-order chi connectivity index (χ0) is 15.5. The van der Waals surface area contributed by atoms with Crippen LogP contribution in [0.1, 0.15) is 23.2 Å². The van der Waals surface area contributed by atoms with Gasteiger partial charge in [-0.1, -0.05) is 11.6 Å². The van der Waals surface area contributed by atoms with Crippen LogP contribution >= 0.6 is 11.6 Å². The van der Waals surface area contributed by atoms with Crippen LogP contribution in [0.4, 0.5) is 5.82 Å². The molecule has 0 aromatic carbocycles. The second-order valence-electron chi connectivity index (χ2n) is 4.37. The minimum Gasteiger partial charge on any atom is -0.382 e. The van der Waals surface area contributed by atoms with Gasteiger partial charge in [-0.3, -0.25) is 4.79 Å². The number of carbonyl (C=O) groups is 1. The first-order chi connectivity index (χ1) is 10.2. The van der Waals surface area contributed by atoms with Crippen molar-refractivity contribution < 1.29 is 14.3 Å². The lowest BCUT2D eigenvalue weighted by atomic mass is 10.2. The normalized spacial score (nSPS) is 10.4. The van der Waals surface area contributed by atoms with Crippen LogP contribution in [0.15, 0.2) is 12.3 Å². The highest BCUT2D eigenvalue weighted by Crippen LogP contribution is 2.17. The van der Waals surface area contributed by atoms with Crippen molar-refractivity contribution in [1.29, 1.82) is 0 Å². The Hall–Kier alpha value is -1.37. The number of rotatable bonds is 10. The SMILES string of the molecule is CNc1cc(C(=O)NCCCCOCCOC)c(Cl)cn1. The number of aromatic nitrogens is 1. The Bertz CT molecular complexity index is 443. The number of methoxy groups -OCH3 is 1. The molecule has 6 nitrogen and oxygen atoms in total. The fraction of sp³-hybridized carbons (Fsp3) is 0.571. The van der Waals surface area contributed by atoms with Crippen molar-refractivity contribution in [3.8, 4) is 0 Å². The predicted octanol–water partition coefficient (Wildman–Crippen LogP) is 1.95. The van der Waals surface area contributed by atoms with Crippen molar-refractivity contribution in [2.75, 3.05) is 45.8 Å². The summed E-state index contributed by atoms with van der Waals surface area (Å²) < 4.78 is 10.2. The van der Waals surface area contributed by atoms with Gasteiger partial charge in [0.1, 0.15) is 5.82 Å². The van der Waals surface area contributed by atoms with Crippen LogP contribution < -0.4 is 10.6 Å². The Kier molecular flexibility index (Phi) is 8.73. The van der Waals surface area contributed by atoms with E-state index in [2.05, 4.69) is 15.6 Å². The molecule has 0 fully saturated rings. The zero-order valence-corrected chi connectivity index (χ0v) is 13.2. The Morgan fingerprint density at radius 1 is 1.33 bits per heavy atom. The smallest absolute Gasteiger partial charge is 0.252 e. The van der Waals surface area contributed by atoms with Gasteiger partial charge >= 0.3 is 0 Å². The number of nitrogens with one attached hydrogen (secondary N) is 2. The van der Waals surface area contributed by atoms with Gasteiger partial charge in [0.05, 0.1) is 23.8 Å². The molecule has 0 atom stereocenters. The van der Waals surface area contributed by atoms with E-state index >= 15 is 0 Å². The summed E-state index contributed by atoms with van der Waals surface area (Å²) in [5.41, 5.74) is 0.423. The van der Waals surface area contributed by atoms with E-state index in [0.717, 1.165) is 12.8 Å². The molecule has 1 amide bonds. The Morgan fingerprint density at radius 3 is 2.86 bits per heavy atom. The molecule has 0 saturated carbocycles. The molecule has 0 unspecified atom stereocenters. The standard InChI is InChI=1S/C14H22ClN3O3/c1-16-13-9-11(12(15)10-18-13)14(19)17-5-3-4-6-21-8-7-20-2/h9-10H,3-8H2,1-2H3,(H,16,18)(H,17,19). The first kappa shape index (κ1) is 17.7. The lowest BCUT2D eigenvalue weighted by Gasteiger charge is -2.08. The van der Waals surface area contributed by atoms with E-state index in [1.54, 1.807) is 20.2 Å². The monoisotopic (exact) mass is 315 g/mol. The fourth-order valence-corrected chi connectivity index (χ4v) is 1.81. The quantitative estimate of drug-likeness (QED) is 0.646. The van der Waals surface area contributed by atoms with Crippen LogP contribution in [-0.4, -0.2) is 51.4 Å².